The van der Waals surface area contributed by atoms with Gasteiger partial charge in [0, 0.05) is 7.05 Å². The third-order valence-corrected chi connectivity index (χ3v) is 1.65. The summed E-state index contributed by atoms with van der Waals surface area (Å²) >= 11 is 0. The second-order valence-corrected chi connectivity index (χ2v) is 2.58. The summed E-state index contributed by atoms with van der Waals surface area (Å²) in [7, 11) is 1.64. The molecule has 0 aliphatic carbocycles. The predicted molar refractivity (Wildman–Crippen MR) is 43.5 cm³/mol. The number of rotatable bonds is 1. The Hall–Kier alpha value is -1.26. The molecular weight excluding hydrogens is 181 g/mol. The Labute approximate surface area is 73.8 Å². The Kier molecular flexibility index (Phi) is 2.45. The summed E-state index contributed by atoms with van der Waals surface area (Å²) in [5.74, 6) is 0. The SMILES string of the molecule is CNc1ccc(C(F)(F)F)nc1C. The Morgan fingerprint density at radius 1 is 1.31 bits per heavy atom. The highest BCUT2D eigenvalue weighted by molar-refractivity contribution is 5.47. The summed E-state index contributed by atoms with van der Waals surface area (Å²) in [6.45, 7) is 1.53. The molecular formula is C8H9F3N2. The van der Waals surface area contributed by atoms with Gasteiger partial charge in [0.1, 0.15) is 5.69 Å². The molecule has 1 aromatic rings. The zero-order valence-electron chi connectivity index (χ0n) is 7.24. The second-order valence-electron chi connectivity index (χ2n) is 2.58. The first-order valence-electron chi connectivity index (χ1n) is 3.67. The van der Waals surface area contributed by atoms with Gasteiger partial charge in [-0.1, -0.05) is 0 Å². The first-order chi connectivity index (χ1) is 5.95. The fourth-order valence-corrected chi connectivity index (χ4v) is 0.983. The van der Waals surface area contributed by atoms with Gasteiger partial charge >= 0.3 is 6.18 Å². The molecule has 0 bridgehead atoms. The van der Waals surface area contributed by atoms with Crippen molar-refractivity contribution < 1.29 is 13.2 Å². The Balaban J connectivity index is 3.10. The number of hydrogen-bond acceptors (Lipinski definition) is 2. The number of halogens is 3. The Bertz CT molecular complexity index is 307. The van der Waals surface area contributed by atoms with Crippen LogP contribution in [-0.2, 0) is 6.18 Å². The first kappa shape index (κ1) is 9.83. The lowest BCUT2D eigenvalue weighted by Gasteiger charge is -2.09. The monoisotopic (exact) mass is 190 g/mol. The number of aromatic nitrogens is 1. The van der Waals surface area contributed by atoms with Crippen molar-refractivity contribution in [3.05, 3.63) is 23.5 Å². The fourth-order valence-electron chi connectivity index (χ4n) is 0.983. The topological polar surface area (TPSA) is 24.9 Å². The average Bonchev–Trinajstić information content (AvgIpc) is 2.02. The highest BCUT2D eigenvalue weighted by Gasteiger charge is 2.32. The largest absolute Gasteiger partial charge is 0.433 e. The van der Waals surface area contributed by atoms with E-state index in [1.807, 2.05) is 0 Å². The molecule has 0 amide bonds. The van der Waals surface area contributed by atoms with Gasteiger partial charge < -0.3 is 5.32 Å². The van der Waals surface area contributed by atoms with Gasteiger partial charge in [-0.3, -0.25) is 0 Å². The summed E-state index contributed by atoms with van der Waals surface area (Å²) in [5.41, 5.74) is 0.0920. The first-order valence-corrected chi connectivity index (χ1v) is 3.67. The molecule has 1 rings (SSSR count). The van der Waals surface area contributed by atoms with Crippen LogP contribution in [0.5, 0.6) is 0 Å². The van der Waals surface area contributed by atoms with Gasteiger partial charge in [0.05, 0.1) is 11.4 Å². The van der Waals surface area contributed by atoms with Crippen LogP contribution >= 0.6 is 0 Å². The normalized spacial score (nSPS) is 11.5. The third kappa shape index (κ3) is 2.11. The van der Waals surface area contributed by atoms with Crippen LogP contribution in [0, 0.1) is 6.92 Å². The van der Waals surface area contributed by atoms with Crippen molar-refractivity contribution in [3.63, 3.8) is 0 Å². The number of nitrogens with one attached hydrogen (secondary N) is 1. The van der Waals surface area contributed by atoms with Crippen molar-refractivity contribution in [3.8, 4) is 0 Å². The molecule has 2 nitrogen and oxygen atoms in total. The quantitative estimate of drug-likeness (QED) is 0.735. The van der Waals surface area contributed by atoms with E-state index in [0.29, 0.717) is 11.4 Å². The number of anilines is 1. The van der Waals surface area contributed by atoms with Crippen molar-refractivity contribution in [2.24, 2.45) is 0 Å². The molecule has 0 fully saturated rings. The predicted octanol–water partition coefficient (Wildman–Crippen LogP) is 2.45. The van der Waals surface area contributed by atoms with E-state index in [-0.39, 0.29) is 0 Å². The van der Waals surface area contributed by atoms with E-state index in [4.69, 9.17) is 0 Å². The molecule has 0 radical (unpaired) electrons. The number of hydrogen-bond donors (Lipinski definition) is 1. The zero-order chi connectivity index (χ0) is 10.1. The number of pyridine rings is 1. The smallest absolute Gasteiger partial charge is 0.387 e. The van der Waals surface area contributed by atoms with Crippen LogP contribution in [0.4, 0.5) is 18.9 Å². The van der Waals surface area contributed by atoms with E-state index in [0.717, 1.165) is 6.07 Å². The molecule has 5 heteroatoms. The van der Waals surface area contributed by atoms with E-state index < -0.39 is 11.9 Å². The molecule has 0 saturated carbocycles. The van der Waals surface area contributed by atoms with Gasteiger partial charge in [0.15, 0.2) is 0 Å². The van der Waals surface area contributed by atoms with Gasteiger partial charge in [-0.25, -0.2) is 4.98 Å². The molecule has 0 unspecified atom stereocenters. The van der Waals surface area contributed by atoms with Crippen LogP contribution < -0.4 is 5.32 Å². The molecule has 0 aliphatic heterocycles. The number of alkyl halides is 3. The zero-order valence-corrected chi connectivity index (χ0v) is 7.24. The maximum absolute atomic E-state index is 12.1. The van der Waals surface area contributed by atoms with Crippen molar-refractivity contribution in [1.29, 1.82) is 0 Å². The van der Waals surface area contributed by atoms with Gasteiger partial charge in [0.2, 0.25) is 0 Å². The highest BCUT2D eigenvalue weighted by Crippen LogP contribution is 2.28. The van der Waals surface area contributed by atoms with Gasteiger partial charge in [-0.2, -0.15) is 13.2 Å². The van der Waals surface area contributed by atoms with Gasteiger partial charge in [-0.05, 0) is 19.1 Å². The standard InChI is InChI=1S/C8H9F3N2/c1-5-6(12-2)3-4-7(13-5)8(9,10)11/h3-4,12H,1-2H3. The van der Waals surface area contributed by atoms with Crippen LogP contribution in [0.15, 0.2) is 12.1 Å². The minimum Gasteiger partial charge on any atom is -0.387 e. The van der Waals surface area contributed by atoms with Crippen LogP contribution in [-0.4, -0.2) is 12.0 Å². The minimum absolute atomic E-state index is 0.345. The van der Waals surface area contributed by atoms with Crippen molar-refractivity contribution in [2.45, 2.75) is 13.1 Å². The molecule has 1 aromatic heterocycles. The highest BCUT2D eigenvalue weighted by atomic mass is 19.4. The van der Waals surface area contributed by atoms with E-state index in [1.54, 1.807) is 7.05 Å². The summed E-state index contributed by atoms with van der Waals surface area (Å²) in [5, 5.41) is 2.74. The molecule has 0 aliphatic rings. The fraction of sp³-hybridized carbons (Fsp3) is 0.375. The van der Waals surface area contributed by atoms with E-state index in [9.17, 15) is 13.2 Å². The van der Waals surface area contributed by atoms with Crippen LogP contribution in [0.1, 0.15) is 11.4 Å². The summed E-state index contributed by atoms with van der Waals surface area (Å²) < 4.78 is 36.4. The lowest BCUT2D eigenvalue weighted by atomic mass is 10.2. The maximum atomic E-state index is 12.1. The molecule has 0 atom stereocenters. The van der Waals surface area contributed by atoms with Crippen LogP contribution in [0.25, 0.3) is 0 Å². The lowest BCUT2D eigenvalue weighted by Crippen LogP contribution is -2.09. The molecule has 0 spiro atoms. The van der Waals surface area contributed by atoms with Crippen molar-refractivity contribution in [2.75, 3.05) is 12.4 Å². The van der Waals surface area contributed by atoms with E-state index in [1.165, 1.54) is 13.0 Å². The molecule has 0 saturated heterocycles. The minimum atomic E-state index is -4.36. The lowest BCUT2D eigenvalue weighted by molar-refractivity contribution is -0.141. The molecule has 0 aromatic carbocycles. The van der Waals surface area contributed by atoms with Gasteiger partial charge in [-0.15, -0.1) is 0 Å². The maximum Gasteiger partial charge on any atom is 0.433 e. The third-order valence-electron chi connectivity index (χ3n) is 1.65. The molecule has 1 heterocycles. The van der Waals surface area contributed by atoms with E-state index >= 15 is 0 Å². The van der Waals surface area contributed by atoms with Crippen molar-refractivity contribution in [1.82, 2.24) is 4.98 Å². The molecule has 13 heavy (non-hydrogen) atoms. The van der Waals surface area contributed by atoms with E-state index in [2.05, 4.69) is 10.3 Å². The second kappa shape index (κ2) is 3.24. The number of nitrogens with zero attached hydrogens (tertiary/aromatic N) is 1. The number of aryl methyl sites for hydroxylation is 1. The summed E-state index contributed by atoms with van der Waals surface area (Å²) in [6, 6.07) is 2.32. The summed E-state index contributed by atoms with van der Waals surface area (Å²) in [4.78, 5) is 3.43. The Morgan fingerprint density at radius 2 is 1.92 bits per heavy atom. The van der Waals surface area contributed by atoms with Gasteiger partial charge in [0.25, 0.3) is 0 Å². The van der Waals surface area contributed by atoms with Crippen molar-refractivity contribution >= 4 is 5.69 Å². The average molecular weight is 190 g/mol. The molecule has 72 valence electrons. The summed E-state index contributed by atoms with van der Waals surface area (Å²) in [6.07, 6.45) is -4.36. The molecule has 1 N–H and O–H groups in total. The Morgan fingerprint density at radius 3 is 2.31 bits per heavy atom. The van der Waals surface area contributed by atoms with Crippen LogP contribution in [0.2, 0.25) is 0 Å². The van der Waals surface area contributed by atoms with Crippen LogP contribution in [0.3, 0.4) is 0 Å².